The maximum atomic E-state index is 12.6. The molecule has 0 saturated carbocycles. The first-order chi connectivity index (χ1) is 12.3. The van der Waals surface area contributed by atoms with Crippen LogP contribution in [0.3, 0.4) is 0 Å². The highest BCUT2D eigenvalue weighted by atomic mass is 32.2. The molecule has 1 atom stereocenters. The van der Waals surface area contributed by atoms with Crippen LogP contribution in [0.2, 0.25) is 0 Å². The van der Waals surface area contributed by atoms with Crippen LogP contribution in [-0.2, 0) is 24.1 Å². The van der Waals surface area contributed by atoms with Crippen molar-refractivity contribution < 1.29 is 22.7 Å². The number of hydrogen-bond acceptors (Lipinski definition) is 5. The SMILES string of the molecule is COC(OCCC(C)(C)C(=O)CCS(=O)(=O)c1ccc(C)cc1)C(C)(C)C. The number of benzene rings is 1. The molecule has 0 aliphatic carbocycles. The first-order valence-electron chi connectivity index (χ1n) is 9.27. The van der Waals surface area contributed by atoms with Gasteiger partial charge in [-0.15, -0.1) is 0 Å². The molecule has 0 aliphatic heterocycles. The van der Waals surface area contributed by atoms with Crippen LogP contribution in [0.4, 0.5) is 0 Å². The van der Waals surface area contributed by atoms with Crippen LogP contribution in [0, 0.1) is 17.8 Å². The molecule has 5 nitrogen and oxygen atoms in total. The number of carbonyl (C=O) groups excluding carboxylic acids is 1. The minimum absolute atomic E-state index is 0.00378. The van der Waals surface area contributed by atoms with Crippen molar-refractivity contribution in [1.82, 2.24) is 0 Å². The molecule has 0 N–H and O–H groups in total. The Morgan fingerprint density at radius 3 is 2.11 bits per heavy atom. The molecule has 1 unspecified atom stereocenters. The van der Waals surface area contributed by atoms with Crippen LogP contribution in [0.15, 0.2) is 29.2 Å². The number of Topliss-reactive ketones (excluding diaryl/α,β-unsaturated/α-hetero) is 1. The van der Waals surface area contributed by atoms with E-state index in [1.165, 1.54) is 0 Å². The van der Waals surface area contributed by atoms with Gasteiger partial charge in [0.25, 0.3) is 0 Å². The van der Waals surface area contributed by atoms with E-state index in [1.54, 1.807) is 31.4 Å². The summed E-state index contributed by atoms with van der Waals surface area (Å²) < 4.78 is 36.0. The maximum Gasteiger partial charge on any atom is 0.178 e. The molecule has 0 bridgehead atoms. The van der Waals surface area contributed by atoms with Gasteiger partial charge in [0.05, 0.1) is 17.3 Å². The maximum absolute atomic E-state index is 12.6. The number of ketones is 1. The Bertz CT molecular complexity index is 712. The molecule has 0 fully saturated rings. The van der Waals surface area contributed by atoms with E-state index in [1.807, 2.05) is 41.5 Å². The standard InChI is InChI=1S/C21H34O5S/c1-16-8-10-17(11-9-16)27(23,24)15-12-18(22)21(5,6)13-14-26-19(25-7)20(2,3)4/h8-11,19H,12-15H2,1-7H3. The minimum Gasteiger partial charge on any atom is -0.355 e. The molecule has 154 valence electrons. The Balaban J connectivity index is 2.60. The molecule has 0 heterocycles. The van der Waals surface area contributed by atoms with Crippen molar-refractivity contribution >= 4 is 15.6 Å². The third kappa shape index (κ3) is 7.35. The third-order valence-electron chi connectivity index (χ3n) is 4.65. The van der Waals surface area contributed by atoms with Gasteiger partial charge < -0.3 is 9.47 Å². The fraction of sp³-hybridized carbons (Fsp3) is 0.667. The van der Waals surface area contributed by atoms with E-state index >= 15 is 0 Å². The largest absolute Gasteiger partial charge is 0.355 e. The molecule has 0 radical (unpaired) electrons. The van der Waals surface area contributed by atoms with Crippen LogP contribution in [0.5, 0.6) is 0 Å². The lowest BCUT2D eigenvalue weighted by Gasteiger charge is -2.30. The zero-order valence-electron chi connectivity index (χ0n) is 17.7. The first-order valence-corrected chi connectivity index (χ1v) is 10.9. The Labute approximate surface area is 164 Å². The number of aryl methyl sites for hydroxylation is 1. The Morgan fingerprint density at radius 2 is 1.63 bits per heavy atom. The smallest absolute Gasteiger partial charge is 0.178 e. The number of methoxy groups -OCH3 is 1. The molecule has 0 saturated heterocycles. The fourth-order valence-electron chi connectivity index (χ4n) is 2.66. The van der Waals surface area contributed by atoms with Crippen LogP contribution >= 0.6 is 0 Å². The van der Waals surface area contributed by atoms with E-state index in [-0.39, 0.29) is 34.6 Å². The fourth-order valence-corrected chi connectivity index (χ4v) is 3.90. The summed E-state index contributed by atoms with van der Waals surface area (Å²) in [5.41, 5.74) is 0.181. The van der Waals surface area contributed by atoms with Gasteiger partial charge >= 0.3 is 0 Å². The molecule has 1 aromatic carbocycles. The molecule has 0 aliphatic rings. The molecule has 0 spiro atoms. The Morgan fingerprint density at radius 1 is 1.07 bits per heavy atom. The van der Waals surface area contributed by atoms with Gasteiger partial charge in [0.2, 0.25) is 0 Å². The lowest BCUT2D eigenvalue weighted by Crippen LogP contribution is -2.33. The zero-order valence-corrected chi connectivity index (χ0v) is 18.5. The molecule has 1 aromatic rings. The second-order valence-corrected chi connectivity index (χ2v) is 10.9. The van der Waals surface area contributed by atoms with E-state index in [9.17, 15) is 13.2 Å². The molecule has 0 amide bonds. The monoisotopic (exact) mass is 398 g/mol. The number of rotatable bonds is 10. The van der Waals surface area contributed by atoms with Gasteiger partial charge in [-0.05, 0) is 25.5 Å². The highest BCUT2D eigenvalue weighted by Gasteiger charge is 2.30. The topological polar surface area (TPSA) is 69.7 Å². The van der Waals surface area contributed by atoms with Crippen LogP contribution in [0.1, 0.15) is 53.0 Å². The van der Waals surface area contributed by atoms with Crippen molar-refractivity contribution in [3.05, 3.63) is 29.8 Å². The second kappa shape index (κ2) is 9.30. The molecule has 6 heteroatoms. The molecular formula is C21H34O5S. The summed E-state index contributed by atoms with van der Waals surface area (Å²) in [7, 11) is -1.86. The summed E-state index contributed by atoms with van der Waals surface area (Å²) in [5.74, 6) is -0.256. The summed E-state index contributed by atoms with van der Waals surface area (Å²) in [4.78, 5) is 12.8. The van der Waals surface area contributed by atoms with Gasteiger partial charge in [0.15, 0.2) is 16.1 Å². The normalized spacial score (nSPS) is 14.2. The van der Waals surface area contributed by atoms with Gasteiger partial charge in [0, 0.05) is 24.4 Å². The van der Waals surface area contributed by atoms with Crippen molar-refractivity contribution in [2.75, 3.05) is 19.5 Å². The van der Waals surface area contributed by atoms with Crippen LogP contribution < -0.4 is 0 Å². The van der Waals surface area contributed by atoms with Crippen molar-refractivity contribution in [1.29, 1.82) is 0 Å². The Hall–Kier alpha value is -1.24. The second-order valence-electron chi connectivity index (χ2n) is 8.74. The zero-order chi connectivity index (χ0) is 20.9. The predicted molar refractivity (Wildman–Crippen MR) is 107 cm³/mol. The van der Waals surface area contributed by atoms with Crippen LogP contribution in [0.25, 0.3) is 0 Å². The van der Waals surface area contributed by atoms with Gasteiger partial charge in [-0.2, -0.15) is 0 Å². The summed E-state index contributed by atoms with van der Waals surface area (Å²) in [6, 6.07) is 6.70. The van der Waals surface area contributed by atoms with E-state index in [0.29, 0.717) is 13.0 Å². The third-order valence-corrected chi connectivity index (χ3v) is 6.38. The van der Waals surface area contributed by atoms with Gasteiger partial charge in [0.1, 0.15) is 5.78 Å². The summed E-state index contributed by atoms with van der Waals surface area (Å²) in [5, 5.41) is 0. The van der Waals surface area contributed by atoms with Gasteiger partial charge in [-0.1, -0.05) is 52.3 Å². The van der Waals surface area contributed by atoms with E-state index in [0.717, 1.165) is 5.56 Å². The number of ether oxygens (including phenoxy) is 2. The van der Waals surface area contributed by atoms with E-state index in [2.05, 4.69) is 0 Å². The van der Waals surface area contributed by atoms with Gasteiger partial charge in [-0.25, -0.2) is 8.42 Å². The van der Waals surface area contributed by atoms with Crippen molar-refractivity contribution in [3.63, 3.8) is 0 Å². The molecule has 0 aromatic heterocycles. The Kier molecular flexibility index (Phi) is 8.20. The van der Waals surface area contributed by atoms with Crippen molar-refractivity contribution in [2.24, 2.45) is 10.8 Å². The summed E-state index contributed by atoms with van der Waals surface area (Å²) >= 11 is 0. The summed E-state index contributed by atoms with van der Waals surface area (Å²) in [6.07, 6.45) is 0.146. The average Bonchev–Trinajstić information content (AvgIpc) is 2.55. The van der Waals surface area contributed by atoms with E-state index < -0.39 is 15.3 Å². The van der Waals surface area contributed by atoms with E-state index in [4.69, 9.17) is 9.47 Å². The quantitative estimate of drug-likeness (QED) is 0.553. The molecular weight excluding hydrogens is 364 g/mol. The number of hydrogen-bond donors (Lipinski definition) is 0. The van der Waals surface area contributed by atoms with Crippen molar-refractivity contribution in [2.45, 2.75) is 65.6 Å². The highest BCUT2D eigenvalue weighted by Crippen LogP contribution is 2.27. The lowest BCUT2D eigenvalue weighted by molar-refractivity contribution is -0.182. The number of sulfone groups is 1. The highest BCUT2D eigenvalue weighted by molar-refractivity contribution is 7.91. The first kappa shape index (κ1) is 23.8. The summed E-state index contributed by atoms with van der Waals surface area (Å²) in [6.45, 7) is 12.0. The average molecular weight is 399 g/mol. The predicted octanol–water partition coefficient (Wildman–Crippen LogP) is 4.18. The minimum atomic E-state index is -3.46. The van der Waals surface area contributed by atoms with Crippen LogP contribution in [-0.4, -0.2) is 40.0 Å². The lowest BCUT2D eigenvalue weighted by atomic mass is 9.83. The van der Waals surface area contributed by atoms with Gasteiger partial charge in [-0.3, -0.25) is 4.79 Å². The number of carbonyl (C=O) groups is 1. The molecule has 27 heavy (non-hydrogen) atoms. The van der Waals surface area contributed by atoms with Crippen molar-refractivity contribution in [3.8, 4) is 0 Å². The molecule has 1 rings (SSSR count).